The Morgan fingerprint density at radius 3 is 2.77 bits per heavy atom. The van der Waals surface area contributed by atoms with E-state index in [0.717, 1.165) is 21.8 Å². The predicted octanol–water partition coefficient (Wildman–Crippen LogP) is 3.97. The van der Waals surface area contributed by atoms with Crippen LogP contribution in [0.25, 0.3) is 0 Å². The van der Waals surface area contributed by atoms with Crippen molar-refractivity contribution in [2.24, 2.45) is 5.10 Å². The molecule has 3 rings (SSSR count). The molecule has 6 heteroatoms. The molecule has 0 bridgehead atoms. The summed E-state index contributed by atoms with van der Waals surface area (Å²) in [7, 11) is 1.30. The number of methoxy groups -OCH3 is 1. The number of nitrogens with one attached hydrogen (secondary N) is 2. The van der Waals surface area contributed by atoms with E-state index < -0.39 is 6.09 Å². The highest BCUT2D eigenvalue weighted by Crippen LogP contribution is 2.44. The second-order valence-electron chi connectivity index (χ2n) is 4.73. The van der Waals surface area contributed by atoms with Crippen molar-refractivity contribution < 1.29 is 9.53 Å². The molecule has 1 aliphatic rings. The summed E-state index contributed by atoms with van der Waals surface area (Å²) < 4.78 is 4.49. The highest BCUT2D eigenvalue weighted by Gasteiger charge is 2.15. The lowest BCUT2D eigenvalue weighted by Gasteiger charge is -2.21. The van der Waals surface area contributed by atoms with Gasteiger partial charge in [0, 0.05) is 9.79 Å². The highest BCUT2D eigenvalue weighted by atomic mass is 32.2. The maximum Gasteiger partial charge on any atom is 0.427 e. The molecule has 1 aliphatic heterocycles. The van der Waals surface area contributed by atoms with E-state index >= 15 is 0 Å². The van der Waals surface area contributed by atoms with Gasteiger partial charge in [-0.3, -0.25) is 0 Å². The molecule has 2 aromatic carbocycles. The third-order valence-corrected chi connectivity index (χ3v) is 4.43. The third kappa shape index (κ3) is 2.92. The average molecular weight is 313 g/mol. The maximum absolute atomic E-state index is 11.1. The summed E-state index contributed by atoms with van der Waals surface area (Å²) >= 11 is 1.73. The third-order valence-electron chi connectivity index (χ3n) is 3.27. The molecule has 5 nitrogen and oxygen atoms in total. The number of ether oxygens (including phenoxy) is 1. The smallest absolute Gasteiger partial charge is 0.427 e. The van der Waals surface area contributed by atoms with Gasteiger partial charge in [0.2, 0.25) is 0 Å². The van der Waals surface area contributed by atoms with Crippen molar-refractivity contribution in [2.45, 2.75) is 16.7 Å². The van der Waals surface area contributed by atoms with E-state index in [-0.39, 0.29) is 0 Å². The Morgan fingerprint density at radius 2 is 1.95 bits per heavy atom. The van der Waals surface area contributed by atoms with E-state index in [1.54, 1.807) is 11.8 Å². The molecule has 0 saturated carbocycles. The summed E-state index contributed by atoms with van der Waals surface area (Å²) in [5.41, 5.74) is 6.10. The first-order valence-electron chi connectivity index (χ1n) is 6.74. The first-order chi connectivity index (χ1) is 10.7. The fourth-order valence-electron chi connectivity index (χ4n) is 2.10. The van der Waals surface area contributed by atoms with Crippen LogP contribution in [0.4, 0.5) is 16.2 Å². The van der Waals surface area contributed by atoms with Gasteiger partial charge < -0.3 is 10.1 Å². The van der Waals surface area contributed by atoms with Gasteiger partial charge in [0.05, 0.1) is 24.2 Å². The zero-order chi connectivity index (χ0) is 15.5. The van der Waals surface area contributed by atoms with Crippen LogP contribution < -0.4 is 10.7 Å². The fourth-order valence-corrected chi connectivity index (χ4v) is 3.07. The zero-order valence-corrected chi connectivity index (χ0v) is 13.0. The molecular weight excluding hydrogens is 298 g/mol. The standard InChI is InChI=1S/C16H15N3O2S/c1-10(18-19-16(20)21-2)11-7-8-15-13(9-11)17-12-5-3-4-6-14(12)22-15/h3-9,17H,1-2H3,(H,19,20). The zero-order valence-electron chi connectivity index (χ0n) is 12.2. The molecule has 0 aliphatic carbocycles. The Kier molecular flexibility index (Phi) is 4.02. The van der Waals surface area contributed by atoms with Crippen molar-refractivity contribution >= 4 is 34.9 Å². The summed E-state index contributed by atoms with van der Waals surface area (Å²) in [6.45, 7) is 1.83. The van der Waals surface area contributed by atoms with Crippen LogP contribution in [0.5, 0.6) is 0 Å². The number of carbonyl (C=O) groups excluding carboxylic acids is 1. The molecule has 0 aromatic heterocycles. The van der Waals surface area contributed by atoms with E-state index in [2.05, 4.69) is 38.8 Å². The van der Waals surface area contributed by atoms with Gasteiger partial charge in [0.25, 0.3) is 0 Å². The Balaban J connectivity index is 1.85. The SMILES string of the molecule is COC(=O)NN=C(C)c1ccc2c(c1)Nc1ccccc1S2. The molecule has 0 spiro atoms. The minimum absolute atomic E-state index is 0.583. The molecule has 0 saturated heterocycles. The van der Waals surface area contributed by atoms with E-state index in [0.29, 0.717) is 5.71 Å². The molecule has 1 heterocycles. The van der Waals surface area contributed by atoms with Crippen molar-refractivity contribution in [1.29, 1.82) is 0 Å². The summed E-state index contributed by atoms with van der Waals surface area (Å²) in [6.07, 6.45) is -0.583. The average Bonchev–Trinajstić information content (AvgIpc) is 2.56. The molecule has 22 heavy (non-hydrogen) atoms. The fraction of sp³-hybridized carbons (Fsp3) is 0.125. The quantitative estimate of drug-likeness (QED) is 0.555. The molecule has 0 unspecified atom stereocenters. The van der Waals surface area contributed by atoms with Crippen LogP contribution in [0.2, 0.25) is 0 Å². The van der Waals surface area contributed by atoms with Crippen LogP contribution in [0.1, 0.15) is 12.5 Å². The predicted molar refractivity (Wildman–Crippen MR) is 88.0 cm³/mol. The Hall–Kier alpha value is -2.47. The maximum atomic E-state index is 11.1. The lowest BCUT2D eigenvalue weighted by Crippen LogP contribution is -2.18. The molecule has 0 atom stereocenters. The van der Waals surface area contributed by atoms with Crippen LogP contribution in [0, 0.1) is 0 Å². The van der Waals surface area contributed by atoms with E-state index in [1.165, 1.54) is 12.0 Å². The van der Waals surface area contributed by atoms with E-state index in [9.17, 15) is 4.79 Å². The summed E-state index contributed by atoms with van der Waals surface area (Å²) in [4.78, 5) is 13.4. The van der Waals surface area contributed by atoms with Crippen LogP contribution >= 0.6 is 11.8 Å². The van der Waals surface area contributed by atoms with Gasteiger partial charge in [-0.15, -0.1) is 0 Å². The number of hydrazone groups is 1. The second kappa shape index (κ2) is 6.11. The molecule has 2 aromatic rings. The van der Waals surface area contributed by atoms with Gasteiger partial charge in [0.15, 0.2) is 0 Å². The number of amides is 1. The first kappa shape index (κ1) is 14.5. The van der Waals surface area contributed by atoms with Crippen molar-refractivity contribution in [3.63, 3.8) is 0 Å². The number of carbonyl (C=O) groups is 1. The minimum Gasteiger partial charge on any atom is -0.452 e. The Labute approximate surface area is 132 Å². The van der Waals surface area contributed by atoms with Crippen LogP contribution in [0.3, 0.4) is 0 Å². The number of nitrogens with zero attached hydrogens (tertiary/aromatic N) is 1. The van der Waals surface area contributed by atoms with Crippen molar-refractivity contribution in [2.75, 3.05) is 12.4 Å². The molecule has 1 amide bonds. The monoisotopic (exact) mass is 313 g/mol. The van der Waals surface area contributed by atoms with Gasteiger partial charge >= 0.3 is 6.09 Å². The van der Waals surface area contributed by atoms with Crippen molar-refractivity contribution in [3.8, 4) is 0 Å². The first-order valence-corrected chi connectivity index (χ1v) is 7.55. The molecule has 0 fully saturated rings. The minimum atomic E-state index is -0.583. The summed E-state index contributed by atoms with van der Waals surface area (Å²) in [5, 5.41) is 7.44. The Bertz CT molecular complexity index is 759. The number of anilines is 2. The number of fused-ring (bicyclic) bond motifs is 2. The van der Waals surface area contributed by atoms with Gasteiger partial charge in [-0.25, -0.2) is 10.2 Å². The van der Waals surface area contributed by atoms with Gasteiger partial charge in [0.1, 0.15) is 0 Å². The van der Waals surface area contributed by atoms with Gasteiger partial charge in [-0.05, 0) is 36.8 Å². The number of hydrogen-bond acceptors (Lipinski definition) is 5. The van der Waals surface area contributed by atoms with Crippen LogP contribution in [-0.4, -0.2) is 18.9 Å². The molecule has 0 radical (unpaired) electrons. The lowest BCUT2D eigenvalue weighted by molar-refractivity contribution is 0.171. The van der Waals surface area contributed by atoms with Crippen molar-refractivity contribution in [1.82, 2.24) is 5.43 Å². The molecule has 2 N–H and O–H groups in total. The highest BCUT2D eigenvalue weighted by molar-refractivity contribution is 7.99. The number of hydrogen-bond donors (Lipinski definition) is 2. The normalized spacial score (nSPS) is 12.7. The number of rotatable bonds is 2. The second-order valence-corrected chi connectivity index (χ2v) is 5.82. The molecular formula is C16H15N3O2S. The van der Waals surface area contributed by atoms with Gasteiger partial charge in [-0.2, -0.15) is 5.10 Å². The summed E-state index contributed by atoms with van der Waals surface area (Å²) in [5.74, 6) is 0. The lowest BCUT2D eigenvalue weighted by atomic mass is 10.1. The largest absolute Gasteiger partial charge is 0.452 e. The Morgan fingerprint density at radius 1 is 1.18 bits per heavy atom. The summed E-state index contributed by atoms with van der Waals surface area (Å²) in [6, 6.07) is 14.2. The van der Waals surface area contributed by atoms with Crippen LogP contribution in [0.15, 0.2) is 57.4 Å². The number of para-hydroxylation sites is 1. The van der Waals surface area contributed by atoms with E-state index in [4.69, 9.17) is 0 Å². The molecule has 112 valence electrons. The van der Waals surface area contributed by atoms with E-state index in [1.807, 2.05) is 31.2 Å². The number of benzene rings is 2. The van der Waals surface area contributed by atoms with Crippen molar-refractivity contribution in [3.05, 3.63) is 48.0 Å². The van der Waals surface area contributed by atoms with Gasteiger partial charge in [-0.1, -0.05) is 30.0 Å². The topological polar surface area (TPSA) is 62.7 Å². The van der Waals surface area contributed by atoms with Crippen LogP contribution in [-0.2, 0) is 4.74 Å².